The standard InChI is InChI=1S/C69H42F2N2O2/c70-55-33-13-15-35-57(55)72(59-37-19-31-51-47-27-11-17-39-63(47)74-67(51)59)61-41-53-65(49-29-9-7-25-45(49)61)66-50-30-10-8-26-46(50)62(42-54(66)69(53,43-21-3-1-4-22-43)44-23-5-2-6-24-44)73(58-36-16-14-34-56(58)71)60-38-20-32-52-48-28-12-18-40-64(48)75-68(52)60/h1-42H. The first kappa shape index (κ1) is 42.9. The molecule has 12 aromatic carbocycles. The zero-order valence-corrected chi connectivity index (χ0v) is 40.2. The first-order valence-corrected chi connectivity index (χ1v) is 25.2. The van der Waals surface area contributed by atoms with Gasteiger partial charge in [0.15, 0.2) is 11.2 Å². The van der Waals surface area contributed by atoms with Gasteiger partial charge >= 0.3 is 0 Å². The SMILES string of the molecule is Fc1ccccc1N(c1cc2c(c3ccccc13)-c1c(cc(N(c3ccccc3F)c3cccc4c3oc3ccccc34)c3ccccc13)C2(c1ccccc1)c1ccccc1)c1cccc2c1oc1ccccc12. The molecule has 15 rings (SSSR count). The molecular formula is C69H42F2N2O2. The summed E-state index contributed by atoms with van der Waals surface area (Å²) in [7, 11) is 0. The molecule has 2 aromatic heterocycles. The van der Waals surface area contributed by atoms with Crippen molar-refractivity contribution >= 4 is 99.5 Å². The Hall–Kier alpha value is -9.78. The number of nitrogens with zero attached hydrogens (tertiary/aromatic N) is 2. The maximum atomic E-state index is 17.0. The predicted octanol–water partition coefficient (Wildman–Crippen LogP) is 19.4. The van der Waals surface area contributed by atoms with E-state index in [1.165, 1.54) is 12.1 Å². The van der Waals surface area contributed by atoms with Crippen LogP contribution in [0.1, 0.15) is 22.3 Å². The molecule has 0 atom stereocenters. The molecule has 0 saturated carbocycles. The third kappa shape index (κ3) is 6.20. The summed E-state index contributed by atoms with van der Waals surface area (Å²) >= 11 is 0. The van der Waals surface area contributed by atoms with E-state index in [9.17, 15) is 0 Å². The molecule has 0 unspecified atom stereocenters. The molecular weight excluding hydrogens is 927 g/mol. The highest BCUT2D eigenvalue weighted by Gasteiger charge is 2.49. The lowest BCUT2D eigenvalue weighted by Gasteiger charge is -2.36. The average molecular weight is 969 g/mol. The van der Waals surface area contributed by atoms with E-state index in [1.54, 1.807) is 12.1 Å². The molecule has 354 valence electrons. The number of furan rings is 2. The molecule has 0 N–H and O–H groups in total. The molecule has 0 bridgehead atoms. The van der Waals surface area contributed by atoms with Crippen molar-refractivity contribution in [2.75, 3.05) is 9.80 Å². The van der Waals surface area contributed by atoms with Gasteiger partial charge in [0.05, 0.1) is 39.5 Å². The van der Waals surface area contributed by atoms with Gasteiger partial charge in [0.2, 0.25) is 0 Å². The van der Waals surface area contributed by atoms with Gasteiger partial charge in [-0.1, -0.05) is 194 Å². The van der Waals surface area contributed by atoms with Crippen LogP contribution in [0.2, 0.25) is 0 Å². The number of benzene rings is 12. The maximum Gasteiger partial charge on any atom is 0.159 e. The van der Waals surface area contributed by atoms with Crippen LogP contribution in [0.15, 0.2) is 264 Å². The number of hydrogen-bond acceptors (Lipinski definition) is 4. The van der Waals surface area contributed by atoms with Crippen LogP contribution in [0.5, 0.6) is 0 Å². The Balaban J connectivity index is 1.11. The summed E-state index contributed by atoms with van der Waals surface area (Å²) < 4.78 is 47.7. The third-order valence-electron chi connectivity index (χ3n) is 15.4. The second kappa shape index (κ2) is 16.6. The summed E-state index contributed by atoms with van der Waals surface area (Å²) in [5.74, 6) is -0.751. The molecule has 6 heteroatoms. The largest absolute Gasteiger partial charge is 0.454 e. The van der Waals surface area contributed by atoms with E-state index < -0.39 is 5.41 Å². The topological polar surface area (TPSA) is 32.8 Å². The summed E-state index contributed by atoms with van der Waals surface area (Å²) in [5.41, 5.74) is 11.7. The number of hydrogen-bond donors (Lipinski definition) is 0. The Bertz CT molecular complexity index is 4300. The predicted molar refractivity (Wildman–Crippen MR) is 303 cm³/mol. The first-order chi connectivity index (χ1) is 37.1. The van der Waals surface area contributed by atoms with Crippen LogP contribution in [-0.2, 0) is 5.41 Å². The Morgan fingerprint density at radius 3 is 1.04 bits per heavy atom. The molecule has 0 spiro atoms. The average Bonchev–Trinajstić information content (AvgIpc) is 4.23. The van der Waals surface area contributed by atoms with Gasteiger partial charge < -0.3 is 18.6 Å². The molecule has 14 aromatic rings. The number of halogens is 2. The van der Waals surface area contributed by atoms with Crippen LogP contribution in [0.25, 0.3) is 76.5 Å². The Labute approximate surface area is 430 Å². The van der Waals surface area contributed by atoms with Crippen molar-refractivity contribution in [3.8, 4) is 11.1 Å². The lowest BCUT2D eigenvalue weighted by Crippen LogP contribution is -2.29. The minimum Gasteiger partial charge on any atom is -0.454 e. The molecule has 1 aliphatic rings. The monoisotopic (exact) mass is 968 g/mol. The highest BCUT2D eigenvalue weighted by Crippen LogP contribution is 2.63. The smallest absolute Gasteiger partial charge is 0.159 e. The van der Waals surface area contributed by atoms with Gasteiger partial charge in [0.1, 0.15) is 22.8 Å². The maximum absolute atomic E-state index is 17.0. The number of para-hydroxylation sites is 6. The van der Waals surface area contributed by atoms with E-state index in [0.29, 0.717) is 33.9 Å². The molecule has 75 heavy (non-hydrogen) atoms. The first-order valence-electron chi connectivity index (χ1n) is 25.2. The highest BCUT2D eigenvalue weighted by atomic mass is 19.1. The lowest BCUT2D eigenvalue weighted by atomic mass is 9.67. The lowest BCUT2D eigenvalue weighted by molar-refractivity contribution is 0.628. The van der Waals surface area contributed by atoms with E-state index in [1.807, 2.05) is 94.7 Å². The number of rotatable bonds is 8. The summed E-state index contributed by atoms with van der Waals surface area (Å²) in [5, 5.41) is 7.66. The normalized spacial score (nSPS) is 12.8. The summed E-state index contributed by atoms with van der Waals surface area (Å²) in [6, 6.07) is 85.2. The van der Waals surface area contributed by atoms with E-state index in [-0.39, 0.29) is 11.6 Å². The third-order valence-corrected chi connectivity index (χ3v) is 15.4. The molecule has 2 heterocycles. The fourth-order valence-electron chi connectivity index (χ4n) is 12.4. The van der Waals surface area contributed by atoms with Crippen LogP contribution in [0.4, 0.5) is 42.9 Å². The Morgan fingerprint density at radius 1 is 0.280 bits per heavy atom. The van der Waals surface area contributed by atoms with Crippen LogP contribution in [0.3, 0.4) is 0 Å². The fourth-order valence-corrected chi connectivity index (χ4v) is 12.4. The van der Waals surface area contributed by atoms with Crippen molar-refractivity contribution in [1.82, 2.24) is 0 Å². The fraction of sp³-hybridized carbons (Fsp3) is 0.0145. The second-order valence-corrected chi connectivity index (χ2v) is 19.3. The van der Waals surface area contributed by atoms with Gasteiger partial charge in [-0.2, -0.15) is 0 Å². The molecule has 0 radical (unpaired) electrons. The van der Waals surface area contributed by atoms with Gasteiger partial charge in [-0.25, -0.2) is 8.78 Å². The highest BCUT2D eigenvalue weighted by molar-refractivity contribution is 6.20. The van der Waals surface area contributed by atoms with Crippen LogP contribution in [0, 0.1) is 11.6 Å². The minimum atomic E-state index is -0.997. The van der Waals surface area contributed by atoms with Crippen molar-refractivity contribution in [2.45, 2.75) is 5.41 Å². The molecule has 4 nitrogen and oxygen atoms in total. The van der Waals surface area contributed by atoms with Crippen LogP contribution in [-0.4, -0.2) is 0 Å². The van der Waals surface area contributed by atoms with Crippen LogP contribution < -0.4 is 9.80 Å². The van der Waals surface area contributed by atoms with Crippen molar-refractivity contribution in [3.05, 3.63) is 289 Å². The summed E-state index contributed by atoms with van der Waals surface area (Å²) in [4.78, 5) is 4.09. The summed E-state index contributed by atoms with van der Waals surface area (Å²) in [6.07, 6.45) is 0. The van der Waals surface area contributed by atoms with E-state index in [4.69, 9.17) is 8.83 Å². The molecule has 0 fully saturated rings. The van der Waals surface area contributed by atoms with Gasteiger partial charge in [-0.15, -0.1) is 0 Å². The van der Waals surface area contributed by atoms with Gasteiger partial charge in [-0.3, -0.25) is 0 Å². The van der Waals surface area contributed by atoms with E-state index in [2.05, 4.69) is 146 Å². The van der Waals surface area contributed by atoms with Crippen molar-refractivity contribution in [2.24, 2.45) is 0 Å². The second-order valence-electron chi connectivity index (χ2n) is 19.3. The van der Waals surface area contributed by atoms with Gasteiger partial charge in [-0.05, 0) is 105 Å². The van der Waals surface area contributed by atoms with Gasteiger partial charge in [0.25, 0.3) is 0 Å². The van der Waals surface area contributed by atoms with E-state index in [0.717, 1.165) is 99.0 Å². The quantitative estimate of drug-likeness (QED) is 0.152. The minimum absolute atomic E-state index is 0.376. The zero-order valence-electron chi connectivity index (χ0n) is 40.2. The van der Waals surface area contributed by atoms with Crippen molar-refractivity contribution in [1.29, 1.82) is 0 Å². The molecule has 0 amide bonds. The molecule has 0 aliphatic heterocycles. The Kier molecular flexibility index (Phi) is 9.51. The molecule has 1 aliphatic carbocycles. The van der Waals surface area contributed by atoms with E-state index >= 15 is 8.78 Å². The zero-order chi connectivity index (χ0) is 49.8. The Morgan fingerprint density at radius 2 is 0.613 bits per heavy atom. The summed E-state index contributed by atoms with van der Waals surface area (Å²) in [6.45, 7) is 0. The molecule has 0 saturated heterocycles. The number of anilines is 6. The van der Waals surface area contributed by atoms with Crippen LogP contribution >= 0.6 is 0 Å². The van der Waals surface area contributed by atoms with Crippen molar-refractivity contribution in [3.63, 3.8) is 0 Å². The van der Waals surface area contributed by atoms with Gasteiger partial charge in [0, 0.05) is 32.3 Å². The van der Waals surface area contributed by atoms with Crippen molar-refractivity contribution < 1.29 is 17.6 Å². The number of fused-ring (bicyclic) bond motifs is 13.